The van der Waals surface area contributed by atoms with E-state index in [0.29, 0.717) is 10.0 Å². The fourth-order valence-electron chi connectivity index (χ4n) is 1.35. The molecule has 0 saturated carbocycles. The third-order valence-electron chi connectivity index (χ3n) is 2.14. The van der Waals surface area contributed by atoms with Gasteiger partial charge in [-0.15, -0.1) is 0 Å². The first-order valence-electron chi connectivity index (χ1n) is 4.91. The number of amidine groups is 1. The molecular formula is C11H12Cl2N2S. The van der Waals surface area contributed by atoms with Crippen molar-refractivity contribution in [3.8, 4) is 0 Å². The Morgan fingerprint density at radius 3 is 2.62 bits per heavy atom. The smallest absolute Gasteiger partial charge is 0.161 e. The van der Waals surface area contributed by atoms with Crippen LogP contribution in [0.3, 0.4) is 0 Å². The summed E-state index contributed by atoms with van der Waals surface area (Å²) in [6.07, 6.45) is 0. The highest BCUT2D eigenvalue weighted by molar-refractivity contribution is 8.14. The minimum absolute atomic E-state index is 0.0171. The molecule has 0 bridgehead atoms. The summed E-state index contributed by atoms with van der Waals surface area (Å²) in [5.41, 5.74) is 0.932. The van der Waals surface area contributed by atoms with E-state index in [9.17, 15) is 0 Å². The number of halogens is 2. The molecule has 0 unspecified atom stereocenters. The topological polar surface area (TPSA) is 24.4 Å². The minimum atomic E-state index is 0.0171. The molecule has 0 atom stereocenters. The van der Waals surface area contributed by atoms with E-state index in [1.54, 1.807) is 23.9 Å². The average molecular weight is 275 g/mol. The summed E-state index contributed by atoms with van der Waals surface area (Å²) in [4.78, 5) is 4.56. The Morgan fingerprint density at radius 1 is 1.31 bits per heavy atom. The molecule has 0 aliphatic carbocycles. The SMILES string of the molecule is CC1(C)CSC(Nc2ccc(Cl)c(Cl)c2)=N1. The molecule has 2 rings (SSSR count). The summed E-state index contributed by atoms with van der Waals surface area (Å²) >= 11 is 13.5. The van der Waals surface area contributed by atoms with E-state index in [0.717, 1.165) is 16.6 Å². The molecule has 0 saturated heterocycles. The monoisotopic (exact) mass is 274 g/mol. The molecule has 86 valence electrons. The molecular weight excluding hydrogens is 263 g/mol. The van der Waals surface area contributed by atoms with Crippen LogP contribution in [-0.2, 0) is 0 Å². The number of hydrogen-bond donors (Lipinski definition) is 1. The lowest BCUT2D eigenvalue weighted by Gasteiger charge is -2.09. The first kappa shape index (κ1) is 12.1. The molecule has 1 heterocycles. The quantitative estimate of drug-likeness (QED) is 0.827. The van der Waals surface area contributed by atoms with Crippen LogP contribution in [0, 0.1) is 0 Å². The molecule has 0 amide bonds. The van der Waals surface area contributed by atoms with Crippen LogP contribution < -0.4 is 5.32 Å². The molecule has 0 fully saturated rings. The number of nitrogens with zero attached hydrogens (tertiary/aromatic N) is 1. The third-order valence-corrected chi connectivity index (χ3v) is 4.19. The van der Waals surface area contributed by atoms with Crippen LogP contribution in [0.25, 0.3) is 0 Å². The number of nitrogens with one attached hydrogen (secondary N) is 1. The Morgan fingerprint density at radius 2 is 2.06 bits per heavy atom. The van der Waals surface area contributed by atoms with E-state index < -0.39 is 0 Å². The Bertz CT molecular complexity index is 444. The number of benzene rings is 1. The van der Waals surface area contributed by atoms with Gasteiger partial charge < -0.3 is 5.32 Å². The van der Waals surface area contributed by atoms with Crippen molar-refractivity contribution < 1.29 is 0 Å². The van der Waals surface area contributed by atoms with Gasteiger partial charge in [0.05, 0.1) is 15.6 Å². The molecule has 1 aliphatic heterocycles. The van der Waals surface area contributed by atoms with Crippen molar-refractivity contribution in [2.75, 3.05) is 11.1 Å². The minimum Gasteiger partial charge on any atom is -0.335 e. The van der Waals surface area contributed by atoms with Crippen molar-refractivity contribution in [3.63, 3.8) is 0 Å². The second-order valence-corrected chi connectivity index (χ2v) is 6.05. The van der Waals surface area contributed by atoms with Gasteiger partial charge in [0.1, 0.15) is 0 Å². The summed E-state index contributed by atoms with van der Waals surface area (Å²) in [5.74, 6) is 0.997. The van der Waals surface area contributed by atoms with Crippen molar-refractivity contribution >= 4 is 45.8 Å². The molecule has 0 aromatic heterocycles. The summed E-state index contributed by atoms with van der Waals surface area (Å²) in [5, 5.41) is 5.28. The first-order valence-corrected chi connectivity index (χ1v) is 6.65. The van der Waals surface area contributed by atoms with E-state index in [4.69, 9.17) is 23.2 Å². The van der Waals surface area contributed by atoms with Gasteiger partial charge in [-0.2, -0.15) is 0 Å². The molecule has 1 aliphatic rings. The van der Waals surface area contributed by atoms with E-state index >= 15 is 0 Å². The van der Waals surface area contributed by atoms with Crippen molar-refractivity contribution in [1.29, 1.82) is 0 Å². The molecule has 1 aromatic rings. The molecule has 2 nitrogen and oxygen atoms in total. The average Bonchev–Trinajstić information content (AvgIpc) is 2.52. The van der Waals surface area contributed by atoms with Gasteiger partial charge >= 0.3 is 0 Å². The Labute approximate surface area is 109 Å². The lowest BCUT2D eigenvalue weighted by molar-refractivity contribution is 0.605. The molecule has 0 radical (unpaired) electrons. The summed E-state index contributed by atoms with van der Waals surface area (Å²) in [6, 6.07) is 5.47. The highest BCUT2D eigenvalue weighted by Crippen LogP contribution is 2.29. The maximum atomic E-state index is 5.94. The van der Waals surface area contributed by atoms with E-state index in [1.165, 1.54) is 0 Å². The predicted octanol–water partition coefficient (Wildman–Crippen LogP) is 4.29. The maximum Gasteiger partial charge on any atom is 0.161 e. The Balaban J connectivity index is 2.13. The zero-order valence-electron chi connectivity index (χ0n) is 9.05. The van der Waals surface area contributed by atoms with Crippen LogP contribution in [-0.4, -0.2) is 16.5 Å². The van der Waals surface area contributed by atoms with Crippen molar-refractivity contribution in [3.05, 3.63) is 28.2 Å². The van der Waals surface area contributed by atoms with Crippen LogP contribution in [0.1, 0.15) is 13.8 Å². The molecule has 1 aromatic carbocycles. The molecule has 5 heteroatoms. The van der Waals surface area contributed by atoms with Crippen molar-refractivity contribution in [2.24, 2.45) is 4.99 Å². The summed E-state index contributed by atoms with van der Waals surface area (Å²) < 4.78 is 0. The van der Waals surface area contributed by atoms with Gasteiger partial charge in [0, 0.05) is 11.4 Å². The van der Waals surface area contributed by atoms with Gasteiger partial charge in [-0.05, 0) is 32.0 Å². The van der Waals surface area contributed by atoms with Gasteiger partial charge in [-0.3, -0.25) is 4.99 Å². The van der Waals surface area contributed by atoms with Crippen LogP contribution in [0.4, 0.5) is 5.69 Å². The summed E-state index contributed by atoms with van der Waals surface area (Å²) in [7, 11) is 0. The second-order valence-electron chi connectivity index (χ2n) is 4.27. The number of anilines is 1. The van der Waals surface area contributed by atoms with Crippen LogP contribution >= 0.6 is 35.0 Å². The van der Waals surface area contributed by atoms with E-state index in [-0.39, 0.29) is 5.54 Å². The zero-order valence-corrected chi connectivity index (χ0v) is 11.4. The maximum absolute atomic E-state index is 5.94. The van der Waals surface area contributed by atoms with Crippen molar-refractivity contribution in [2.45, 2.75) is 19.4 Å². The predicted molar refractivity (Wildman–Crippen MR) is 74.1 cm³/mol. The zero-order chi connectivity index (χ0) is 11.8. The van der Waals surface area contributed by atoms with Gasteiger partial charge in [0.25, 0.3) is 0 Å². The Hall–Kier alpha value is -0.380. The fraction of sp³-hybridized carbons (Fsp3) is 0.364. The fourth-order valence-corrected chi connectivity index (χ4v) is 2.70. The third kappa shape index (κ3) is 2.84. The van der Waals surface area contributed by atoms with Crippen LogP contribution in [0.5, 0.6) is 0 Å². The van der Waals surface area contributed by atoms with Crippen LogP contribution in [0.15, 0.2) is 23.2 Å². The molecule has 0 spiro atoms. The van der Waals surface area contributed by atoms with E-state index in [1.807, 2.05) is 6.07 Å². The van der Waals surface area contributed by atoms with Crippen LogP contribution in [0.2, 0.25) is 10.0 Å². The highest BCUT2D eigenvalue weighted by Gasteiger charge is 2.25. The van der Waals surface area contributed by atoms with Gasteiger partial charge in [-0.25, -0.2) is 0 Å². The number of rotatable bonds is 1. The first-order chi connectivity index (χ1) is 7.46. The lowest BCUT2D eigenvalue weighted by atomic mass is 10.1. The molecule has 1 N–H and O–H groups in total. The standard InChI is InChI=1S/C11H12Cl2N2S/c1-11(2)6-16-10(15-11)14-7-3-4-8(12)9(13)5-7/h3-5H,6H2,1-2H3,(H,14,15). The normalized spacial score (nSPS) is 18.4. The number of aliphatic imine (C=N–C) groups is 1. The number of hydrogen-bond acceptors (Lipinski definition) is 3. The van der Waals surface area contributed by atoms with E-state index in [2.05, 4.69) is 24.2 Å². The van der Waals surface area contributed by atoms with Crippen molar-refractivity contribution in [1.82, 2.24) is 0 Å². The lowest BCUT2D eigenvalue weighted by Crippen LogP contribution is -2.15. The summed E-state index contributed by atoms with van der Waals surface area (Å²) in [6.45, 7) is 4.23. The Kier molecular flexibility index (Phi) is 3.38. The largest absolute Gasteiger partial charge is 0.335 e. The van der Waals surface area contributed by atoms with Gasteiger partial charge in [-0.1, -0.05) is 35.0 Å². The van der Waals surface area contributed by atoms with Gasteiger partial charge in [0.15, 0.2) is 5.17 Å². The number of thioether (sulfide) groups is 1. The molecule has 16 heavy (non-hydrogen) atoms. The highest BCUT2D eigenvalue weighted by atomic mass is 35.5. The van der Waals surface area contributed by atoms with Gasteiger partial charge in [0.2, 0.25) is 0 Å². The second kappa shape index (κ2) is 4.47.